The van der Waals surface area contributed by atoms with E-state index in [1.165, 1.54) is 24.3 Å². The third-order valence-corrected chi connectivity index (χ3v) is 7.41. The van der Waals surface area contributed by atoms with Gasteiger partial charge in [-0.1, -0.05) is 0 Å². The van der Waals surface area contributed by atoms with Crippen molar-refractivity contribution in [3.63, 3.8) is 0 Å². The zero-order valence-electron chi connectivity index (χ0n) is 21.7. The maximum absolute atomic E-state index is 13.2. The van der Waals surface area contributed by atoms with Gasteiger partial charge < -0.3 is 69.7 Å². The van der Waals surface area contributed by atoms with Gasteiger partial charge in [0.2, 0.25) is 6.29 Å². The Labute approximate surface area is 236 Å². The molecule has 0 unspecified atom stereocenters. The molecule has 0 amide bonds. The molecule has 0 bridgehead atoms. The summed E-state index contributed by atoms with van der Waals surface area (Å²) >= 11 is 0. The summed E-state index contributed by atoms with van der Waals surface area (Å²) < 4.78 is 22.6. The molecule has 0 saturated carbocycles. The highest BCUT2D eigenvalue weighted by molar-refractivity contribution is 5.88. The largest absolute Gasteiger partial charge is 0.508 e. The highest BCUT2D eigenvalue weighted by Crippen LogP contribution is 2.46. The molecule has 2 aromatic carbocycles. The average molecular weight is 595 g/mol. The van der Waals surface area contributed by atoms with E-state index in [9.17, 15) is 55.9 Å². The molecule has 2 aliphatic rings. The van der Waals surface area contributed by atoms with E-state index in [2.05, 4.69) is 0 Å². The van der Waals surface area contributed by atoms with Crippen LogP contribution in [0.3, 0.4) is 0 Å². The standard InChI is InChI=1S/C27H30O15/c28-7-15-19(32)22(35)24(37)26(40-15)18-14(41-27-25(38)23(36)20(33)16(8-29)42-27)6-13-17(21(18)34)11(31)5-12(39-13)9-1-3-10(30)4-2-9/h1-6,15-16,19-20,22-30,32-38H,7-8H2/t15-,16-,19-,20-,22+,23+,24-,25-,26-,27-/m1/s1. The number of rotatable bonds is 6. The molecule has 15 nitrogen and oxygen atoms in total. The molecule has 0 aliphatic carbocycles. The Morgan fingerprint density at radius 3 is 1.95 bits per heavy atom. The van der Waals surface area contributed by atoms with Crippen molar-refractivity contribution in [2.45, 2.75) is 61.2 Å². The molecule has 2 saturated heterocycles. The van der Waals surface area contributed by atoms with Crippen LogP contribution in [0.4, 0.5) is 0 Å². The van der Waals surface area contributed by atoms with Crippen molar-refractivity contribution in [2.75, 3.05) is 13.2 Å². The van der Waals surface area contributed by atoms with Crippen molar-refractivity contribution in [3.8, 4) is 28.6 Å². The van der Waals surface area contributed by atoms with Crippen molar-refractivity contribution in [1.29, 1.82) is 0 Å². The number of hydrogen-bond donors (Lipinski definition) is 10. The van der Waals surface area contributed by atoms with Crippen LogP contribution in [-0.4, -0.2) is 119 Å². The lowest BCUT2D eigenvalue weighted by Gasteiger charge is -2.42. The van der Waals surface area contributed by atoms with Crippen LogP contribution in [0.25, 0.3) is 22.3 Å². The average Bonchev–Trinajstić information content (AvgIpc) is 2.97. The minimum atomic E-state index is -1.94. The van der Waals surface area contributed by atoms with Crippen LogP contribution < -0.4 is 10.2 Å². The first-order chi connectivity index (χ1) is 20.0. The number of hydrogen-bond acceptors (Lipinski definition) is 15. The second-order valence-corrected chi connectivity index (χ2v) is 10.1. The fourth-order valence-electron chi connectivity index (χ4n) is 5.07. The Hall–Kier alpha value is -3.35. The lowest BCUT2D eigenvalue weighted by molar-refractivity contribution is -0.278. The first kappa shape index (κ1) is 30.1. The van der Waals surface area contributed by atoms with Gasteiger partial charge in [-0.05, 0) is 24.3 Å². The summed E-state index contributed by atoms with van der Waals surface area (Å²) in [4.78, 5) is 13.2. The van der Waals surface area contributed by atoms with E-state index in [0.29, 0.717) is 5.56 Å². The molecule has 3 heterocycles. The van der Waals surface area contributed by atoms with E-state index in [1.807, 2.05) is 0 Å². The first-order valence-corrected chi connectivity index (χ1v) is 12.9. The summed E-state index contributed by atoms with van der Waals surface area (Å²) in [6.07, 6.45) is -17.4. The van der Waals surface area contributed by atoms with Gasteiger partial charge >= 0.3 is 0 Å². The van der Waals surface area contributed by atoms with Crippen LogP contribution >= 0.6 is 0 Å². The van der Waals surface area contributed by atoms with Crippen molar-refractivity contribution >= 4 is 11.0 Å². The van der Waals surface area contributed by atoms with Crippen LogP contribution in [0.15, 0.2) is 45.6 Å². The predicted molar refractivity (Wildman–Crippen MR) is 138 cm³/mol. The first-order valence-electron chi connectivity index (χ1n) is 12.9. The number of phenols is 2. The van der Waals surface area contributed by atoms with E-state index in [4.69, 9.17) is 18.6 Å². The van der Waals surface area contributed by atoms with Crippen molar-refractivity contribution < 1.29 is 69.7 Å². The molecule has 15 heteroatoms. The third kappa shape index (κ3) is 5.20. The Kier molecular flexibility index (Phi) is 8.41. The maximum Gasteiger partial charge on any atom is 0.229 e. The molecular weight excluding hydrogens is 564 g/mol. The van der Waals surface area contributed by atoms with Gasteiger partial charge in [-0.15, -0.1) is 0 Å². The Bertz CT molecular complexity index is 1470. The topological polar surface area (TPSA) is 260 Å². The summed E-state index contributed by atoms with van der Waals surface area (Å²) in [6.45, 7) is -1.59. The van der Waals surface area contributed by atoms with Gasteiger partial charge in [0.15, 0.2) is 5.43 Å². The van der Waals surface area contributed by atoms with Crippen LogP contribution in [0.5, 0.6) is 17.2 Å². The SMILES string of the molecule is O=c1cc(-c2ccc(O)cc2)oc2cc(O[C@@H]3O[C@H](CO)[C@@H](O)[C@H](O)[C@H]3O)c([C@H]3O[C@H](CO)[C@@H](O)[C@H](O)[C@H]3O)c(O)c12. The molecular formula is C27H30O15. The summed E-state index contributed by atoms with van der Waals surface area (Å²) in [5.74, 6) is -1.33. The van der Waals surface area contributed by atoms with Crippen LogP contribution in [0.2, 0.25) is 0 Å². The van der Waals surface area contributed by atoms with Crippen LogP contribution in [-0.2, 0) is 9.47 Å². The van der Waals surface area contributed by atoms with Gasteiger partial charge in [0.25, 0.3) is 0 Å². The van der Waals surface area contributed by atoms with Gasteiger partial charge in [0.1, 0.15) is 88.9 Å². The van der Waals surface area contributed by atoms with Crippen molar-refractivity contribution in [3.05, 3.63) is 52.2 Å². The summed E-state index contributed by atoms with van der Waals surface area (Å²) in [6, 6.07) is 7.78. The second-order valence-electron chi connectivity index (χ2n) is 10.1. The van der Waals surface area contributed by atoms with Gasteiger partial charge in [-0.2, -0.15) is 0 Å². The smallest absolute Gasteiger partial charge is 0.229 e. The zero-order chi connectivity index (χ0) is 30.5. The molecule has 1 aromatic heterocycles. The number of phenolic OH excluding ortho intramolecular Hbond substituents is 2. The lowest BCUT2D eigenvalue weighted by Crippen LogP contribution is -2.60. The molecule has 0 radical (unpaired) electrons. The quantitative estimate of drug-likeness (QED) is 0.142. The summed E-state index contributed by atoms with van der Waals surface area (Å²) in [5, 5.41) is 102. The molecule has 42 heavy (non-hydrogen) atoms. The second kappa shape index (κ2) is 11.7. The number of fused-ring (bicyclic) bond motifs is 1. The normalized spacial score (nSPS) is 33.5. The monoisotopic (exact) mass is 594 g/mol. The minimum absolute atomic E-state index is 0.0197. The van der Waals surface area contributed by atoms with Gasteiger partial charge in [0.05, 0.1) is 18.8 Å². The number of aliphatic hydroxyl groups is 8. The van der Waals surface area contributed by atoms with Crippen LogP contribution in [0.1, 0.15) is 11.7 Å². The zero-order valence-corrected chi connectivity index (χ0v) is 21.7. The third-order valence-electron chi connectivity index (χ3n) is 7.41. The van der Waals surface area contributed by atoms with E-state index >= 15 is 0 Å². The van der Waals surface area contributed by atoms with Gasteiger partial charge in [-0.25, -0.2) is 0 Å². The molecule has 10 N–H and O–H groups in total. The number of aromatic hydroxyl groups is 2. The molecule has 2 aliphatic heterocycles. The van der Waals surface area contributed by atoms with Gasteiger partial charge in [0, 0.05) is 17.7 Å². The Morgan fingerprint density at radius 2 is 1.33 bits per heavy atom. The lowest BCUT2D eigenvalue weighted by atomic mass is 9.89. The summed E-state index contributed by atoms with van der Waals surface area (Å²) in [7, 11) is 0. The highest BCUT2D eigenvalue weighted by atomic mass is 16.7. The van der Waals surface area contributed by atoms with Crippen molar-refractivity contribution in [2.24, 2.45) is 0 Å². The molecule has 5 rings (SSSR count). The number of aliphatic hydroxyl groups excluding tert-OH is 8. The van der Waals surface area contributed by atoms with Crippen LogP contribution in [0, 0.1) is 0 Å². The van der Waals surface area contributed by atoms with E-state index < -0.39 is 102 Å². The van der Waals surface area contributed by atoms with E-state index in [0.717, 1.165) is 12.1 Å². The minimum Gasteiger partial charge on any atom is -0.508 e. The van der Waals surface area contributed by atoms with Crippen molar-refractivity contribution in [1.82, 2.24) is 0 Å². The summed E-state index contributed by atoms with van der Waals surface area (Å²) in [5.41, 5.74) is -1.13. The molecule has 0 spiro atoms. The molecule has 3 aromatic rings. The fourth-order valence-corrected chi connectivity index (χ4v) is 5.07. The van der Waals surface area contributed by atoms with E-state index in [1.54, 1.807) is 0 Å². The number of benzene rings is 2. The maximum atomic E-state index is 13.2. The number of ether oxygens (including phenoxy) is 3. The molecule has 2 fully saturated rings. The Balaban J connectivity index is 1.68. The Morgan fingerprint density at radius 1 is 0.738 bits per heavy atom. The fraction of sp³-hybridized carbons (Fsp3) is 0.444. The predicted octanol–water partition coefficient (Wildman–Crippen LogP) is -2.44. The molecule has 10 atom stereocenters. The van der Waals surface area contributed by atoms with Gasteiger partial charge in [-0.3, -0.25) is 4.79 Å². The highest BCUT2D eigenvalue weighted by Gasteiger charge is 2.48. The van der Waals surface area contributed by atoms with E-state index in [-0.39, 0.29) is 17.1 Å². The molecule has 228 valence electrons.